The van der Waals surface area contributed by atoms with E-state index in [1.165, 1.54) is 0 Å². The van der Waals surface area contributed by atoms with Crippen LogP contribution >= 0.6 is 0 Å². The van der Waals surface area contributed by atoms with Crippen LogP contribution in [0.25, 0.3) is 0 Å². The minimum Gasteiger partial charge on any atom is -0.497 e. The maximum absolute atomic E-state index is 12.2. The van der Waals surface area contributed by atoms with Gasteiger partial charge in [-0.05, 0) is 42.7 Å². The predicted octanol–water partition coefficient (Wildman–Crippen LogP) is 4.22. The Morgan fingerprint density at radius 2 is 1.82 bits per heavy atom. The Hall–Kier alpha value is -2.29. The Balaban J connectivity index is 1.76. The number of hydrogen-bond donors (Lipinski definition) is 1. The summed E-state index contributed by atoms with van der Waals surface area (Å²) in [5.74, 6) is 1.50. The Bertz CT molecular complexity index is 618. The van der Waals surface area contributed by atoms with E-state index in [1.54, 1.807) is 7.11 Å². The second-order valence-corrected chi connectivity index (χ2v) is 5.78. The third kappa shape index (κ3) is 3.67. The summed E-state index contributed by atoms with van der Waals surface area (Å²) in [5, 5.41) is 3.48. The van der Waals surface area contributed by atoms with Crippen molar-refractivity contribution in [3.05, 3.63) is 60.2 Å². The van der Waals surface area contributed by atoms with Crippen LogP contribution in [0.5, 0.6) is 5.75 Å². The number of carbonyl (C=O) groups is 1. The summed E-state index contributed by atoms with van der Waals surface area (Å²) in [6, 6.07) is 18.0. The molecular formula is C19H21NO2. The number of carbonyl (C=O) groups excluding carboxylic acids is 1. The molecule has 0 aromatic heterocycles. The fraction of sp³-hybridized carbons (Fsp3) is 0.316. The van der Waals surface area contributed by atoms with Crippen LogP contribution in [-0.2, 0) is 4.79 Å². The zero-order valence-electron chi connectivity index (χ0n) is 12.8. The van der Waals surface area contributed by atoms with Gasteiger partial charge in [0, 0.05) is 18.0 Å². The van der Waals surface area contributed by atoms with Gasteiger partial charge in [0.05, 0.1) is 13.2 Å². The van der Waals surface area contributed by atoms with Crippen molar-refractivity contribution in [2.75, 3.05) is 12.4 Å². The van der Waals surface area contributed by atoms with Crippen molar-refractivity contribution in [3.63, 3.8) is 0 Å². The number of anilines is 1. The summed E-state index contributed by atoms with van der Waals surface area (Å²) in [6.07, 6.45) is 2.66. The van der Waals surface area contributed by atoms with Crippen molar-refractivity contribution in [1.82, 2.24) is 0 Å². The molecule has 0 aliphatic heterocycles. The van der Waals surface area contributed by atoms with Crippen molar-refractivity contribution < 1.29 is 9.53 Å². The molecule has 0 amide bonds. The standard InChI is InChI=1S/C19H21NO2/c1-22-17-11-9-16(10-12-17)20-18(13-19(21)15-7-8-15)14-5-3-2-4-6-14/h2-6,9-12,15,18,20H,7-8,13H2,1H3/t18-/m1/s1. The number of methoxy groups -OCH3 is 1. The molecule has 0 radical (unpaired) electrons. The van der Waals surface area contributed by atoms with Gasteiger partial charge in [0.1, 0.15) is 11.5 Å². The van der Waals surface area contributed by atoms with Crippen LogP contribution in [0.2, 0.25) is 0 Å². The quantitative estimate of drug-likeness (QED) is 0.831. The molecule has 3 rings (SSSR count). The maximum Gasteiger partial charge on any atom is 0.138 e. The van der Waals surface area contributed by atoms with Gasteiger partial charge in [0.25, 0.3) is 0 Å². The first-order valence-corrected chi connectivity index (χ1v) is 7.74. The first-order chi connectivity index (χ1) is 10.8. The van der Waals surface area contributed by atoms with E-state index in [2.05, 4.69) is 17.4 Å². The molecule has 0 spiro atoms. The normalized spacial score (nSPS) is 15.1. The monoisotopic (exact) mass is 295 g/mol. The summed E-state index contributed by atoms with van der Waals surface area (Å²) in [4.78, 5) is 12.2. The zero-order chi connectivity index (χ0) is 15.4. The van der Waals surface area contributed by atoms with E-state index in [-0.39, 0.29) is 6.04 Å². The van der Waals surface area contributed by atoms with Gasteiger partial charge in [-0.2, -0.15) is 0 Å². The van der Waals surface area contributed by atoms with E-state index < -0.39 is 0 Å². The van der Waals surface area contributed by atoms with Gasteiger partial charge in [-0.25, -0.2) is 0 Å². The average molecular weight is 295 g/mol. The van der Waals surface area contributed by atoms with E-state index in [9.17, 15) is 4.79 Å². The molecule has 1 fully saturated rings. The van der Waals surface area contributed by atoms with Gasteiger partial charge in [-0.3, -0.25) is 4.79 Å². The molecule has 22 heavy (non-hydrogen) atoms. The van der Waals surface area contributed by atoms with Gasteiger partial charge in [-0.15, -0.1) is 0 Å². The molecule has 0 heterocycles. The summed E-state index contributed by atoms with van der Waals surface area (Å²) < 4.78 is 5.18. The number of ketones is 1. The summed E-state index contributed by atoms with van der Waals surface area (Å²) in [5.41, 5.74) is 2.14. The molecule has 1 aliphatic carbocycles. The van der Waals surface area contributed by atoms with Crippen LogP contribution in [-0.4, -0.2) is 12.9 Å². The molecule has 0 unspecified atom stereocenters. The molecule has 3 nitrogen and oxygen atoms in total. The third-order valence-corrected chi connectivity index (χ3v) is 4.07. The molecule has 114 valence electrons. The lowest BCUT2D eigenvalue weighted by atomic mass is 9.99. The van der Waals surface area contributed by atoms with Gasteiger partial charge < -0.3 is 10.1 Å². The van der Waals surface area contributed by atoms with Gasteiger partial charge in [0.2, 0.25) is 0 Å². The van der Waals surface area contributed by atoms with Crippen LogP contribution in [0.1, 0.15) is 30.9 Å². The largest absolute Gasteiger partial charge is 0.497 e. The summed E-state index contributed by atoms with van der Waals surface area (Å²) >= 11 is 0. The van der Waals surface area contributed by atoms with Gasteiger partial charge in [-0.1, -0.05) is 30.3 Å². The molecule has 2 aromatic carbocycles. The van der Waals surface area contributed by atoms with Crippen LogP contribution < -0.4 is 10.1 Å². The highest BCUT2D eigenvalue weighted by Crippen LogP contribution is 2.34. The molecule has 1 aliphatic rings. The first kappa shape index (κ1) is 14.6. The van der Waals surface area contributed by atoms with Crippen LogP contribution in [0.4, 0.5) is 5.69 Å². The minimum absolute atomic E-state index is 0.0164. The van der Waals surface area contributed by atoms with E-state index in [4.69, 9.17) is 4.74 Å². The summed E-state index contributed by atoms with van der Waals surface area (Å²) in [6.45, 7) is 0. The fourth-order valence-electron chi connectivity index (χ4n) is 2.60. The molecule has 1 N–H and O–H groups in total. The fourth-order valence-corrected chi connectivity index (χ4v) is 2.60. The highest BCUT2D eigenvalue weighted by atomic mass is 16.5. The van der Waals surface area contributed by atoms with E-state index in [0.717, 1.165) is 29.8 Å². The smallest absolute Gasteiger partial charge is 0.138 e. The lowest BCUT2D eigenvalue weighted by molar-refractivity contribution is -0.120. The minimum atomic E-state index is 0.0164. The highest BCUT2D eigenvalue weighted by Gasteiger charge is 2.31. The number of benzene rings is 2. The molecule has 1 atom stereocenters. The maximum atomic E-state index is 12.2. The number of ether oxygens (including phenoxy) is 1. The first-order valence-electron chi connectivity index (χ1n) is 7.74. The number of hydrogen-bond acceptors (Lipinski definition) is 3. The van der Waals surface area contributed by atoms with Crippen molar-refractivity contribution in [1.29, 1.82) is 0 Å². The molecule has 1 saturated carbocycles. The molecule has 0 bridgehead atoms. The molecule has 0 saturated heterocycles. The van der Waals surface area contributed by atoms with E-state index in [0.29, 0.717) is 18.1 Å². The molecule has 2 aromatic rings. The summed E-state index contributed by atoms with van der Waals surface area (Å²) in [7, 11) is 1.66. The second kappa shape index (κ2) is 6.65. The average Bonchev–Trinajstić information content (AvgIpc) is 3.41. The molecule has 3 heteroatoms. The lowest BCUT2D eigenvalue weighted by Crippen LogP contribution is -2.16. The highest BCUT2D eigenvalue weighted by molar-refractivity contribution is 5.84. The van der Waals surface area contributed by atoms with Crippen LogP contribution in [0, 0.1) is 5.92 Å². The van der Waals surface area contributed by atoms with Gasteiger partial charge in [0.15, 0.2) is 0 Å². The number of nitrogens with one attached hydrogen (secondary N) is 1. The van der Waals surface area contributed by atoms with Crippen molar-refractivity contribution in [3.8, 4) is 5.75 Å². The Kier molecular flexibility index (Phi) is 4.42. The topological polar surface area (TPSA) is 38.3 Å². The third-order valence-electron chi connectivity index (χ3n) is 4.07. The van der Waals surface area contributed by atoms with Gasteiger partial charge >= 0.3 is 0 Å². The lowest BCUT2D eigenvalue weighted by Gasteiger charge is -2.20. The number of rotatable bonds is 7. The van der Waals surface area contributed by atoms with Crippen molar-refractivity contribution >= 4 is 11.5 Å². The Morgan fingerprint density at radius 1 is 1.14 bits per heavy atom. The number of Topliss-reactive ketones (excluding diaryl/α,β-unsaturated/α-hetero) is 1. The van der Waals surface area contributed by atoms with Crippen LogP contribution in [0.3, 0.4) is 0 Å². The Morgan fingerprint density at radius 3 is 2.41 bits per heavy atom. The predicted molar refractivity (Wildman–Crippen MR) is 88.1 cm³/mol. The molecular weight excluding hydrogens is 274 g/mol. The SMILES string of the molecule is COc1ccc(N[C@H](CC(=O)C2CC2)c2ccccc2)cc1. The van der Waals surface area contributed by atoms with E-state index >= 15 is 0 Å². The van der Waals surface area contributed by atoms with Crippen LogP contribution in [0.15, 0.2) is 54.6 Å². The zero-order valence-corrected chi connectivity index (χ0v) is 12.8. The van der Waals surface area contributed by atoms with Crippen molar-refractivity contribution in [2.45, 2.75) is 25.3 Å². The second-order valence-electron chi connectivity index (χ2n) is 5.78. The Labute approximate surface area is 131 Å². The van der Waals surface area contributed by atoms with Crippen molar-refractivity contribution in [2.24, 2.45) is 5.92 Å². The van der Waals surface area contributed by atoms with E-state index in [1.807, 2.05) is 42.5 Å².